The lowest BCUT2D eigenvalue weighted by molar-refractivity contribution is 0.348. The summed E-state index contributed by atoms with van der Waals surface area (Å²) in [7, 11) is 0. The number of anilines is 1. The van der Waals surface area contributed by atoms with Crippen molar-refractivity contribution in [2.75, 3.05) is 5.73 Å². The van der Waals surface area contributed by atoms with Gasteiger partial charge < -0.3 is 16.0 Å². The average Bonchev–Trinajstić information content (AvgIpc) is 2.10. The molecule has 0 fully saturated rings. The van der Waals surface area contributed by atoms with Crippen molar-refractivity contribution in [1.29, 1.82) is 0 Å². The summed E-state index contributed by atoms with van der Waals surface area (Å²) in [5.74, 6) is 0.638. The molecule has 0 aliphatic heterocycles. The van der Waals surface area contributed by atoms with Crippen molar-refractivity contribution in [3.8, 4) is 0 Å². The Labute approximate surface area is 64.8 Å². The summed E-state index contributed by atoms with van der Waals surface area (Å²) in [6.07, 6.45) is 0.539. The number of nitrogens with two attached hydrogens (primary N) is 2. The topological polar surface area (TPSA) is 91.0 Å². The van der Waals surface area contributed by atoms with Crippen molar-refractivity contribution in [2.45, 2.75) is 25.8 Å². The first kappa shape index (κ1) is 8.00. The highest BCUT2D eigenvalue weighted by Crippen LogP contribution is 2.07. The summed E-state index contributed by atoms with van der Waals surface area (Å²) in [6.45, 7) is 3.76. The van der Waals surface area contributed by atoms with E-state index in [1.54, 1.807) is 0 Å². The van der Waals surface area contributed by atoms with Crippen molar-refractivity contribution >= 4 is 5.95 Å². The van der Waals surface area contributed by atoms with Gasteiger partial charge in [0, 0.05) is 12.0 Å². The first-order chi connectivity index (χ1) is 4.97. The maximum Gasteiger partial charge on any atom is 0.260 e. The second-order valence-corrected chi connectivity index (χ2v) is 3.21. The fourth-order valence-electron chi connectivity index (χ4n) is 0.730. The molecule has 1 heterocycles. The van der Waals surface area contributed by atoms with Gasteiger partial charge in [-0.2, -0.15) is 4.98 Å². The molecular weight excluding hydrogens is 144 g/mol. The van der Waals surface area contributed by atoms with Crippen LogP contribution in [0.5, 0.6) is 0 Å². The Morgan fingerprint density at radius 2 is 2.18 bits per heavy atom. The van der Waals surface area contributed by atoms with Crippen LogP contribution in [0.3, 0.4) is 0 Å². The molecule has 1 aromatic rings. The number of rotatable bonds is 2. The molecule has 0 atom stereocenters. The molecule has 11 heavy (non-hydrogen) atoms. The Balaban J connectivity index is 2.65. The molecule has 1 rings (SSSR count). The summed E-state index contributed by atoms with van der Waals surface area (Å²) in [5, 5.41) is 3.44. The van der Waals surface area contributed by atoms with Crippen molar-refractivity contribution in [1.82, 2.24) is 10.1 Å². The van der Waals surface area contributed by atoms with Crippen LogP contribution in [0.4, 0.5) is 5.95 Å². The maximum absolute atomic E-state index is 5.71. The molecule has 0 radical (unpaired) electrons. The molecule has 5 nitrogen and oxygen atoms in total. The van der Waals surface area contributed by atoms with Gasteiger partial charge in [-0.15, -0.1) is 0 Å². The lowest BCUT2D eigenvalue weighted by Crippen LogP contribution is -2.34. The van der Waals surface area contributed by atoms with Crippen LogP contribution in [-0.2, 0) is 6.42 Å². The molecule has 0 saturated heterocycles. The van der Waals surface area contributed by atoms with Gasteiger partial charge in [0.2, 0.25) is 5.89 Å². The molecule has 0 aliphatic carbocycles. The van der Waals surface area contributed by atoms with Gasteiger partial charge >= 0.3 is 0 Å². The Hall–Kier alpha value is -1.10. The van der Waals surface area contributed by atoms with Gasteiger partial charge in [0.25, 0.3) is 5.95 Å². The Morgan fingerprint density at radius 1 is 1.55 bits per heavy atom. The van der Waals surface area contributed by atoms with E-state index in [9.17, 15) is 0 Å². The summed E-state index contributed by atoms with van der Waals surface area (Å²) in [5.41, 5.74) is 10.6. The van der Waals surface area contributed by atoms with Crippen molar-refractivity contribution in [3.05, 3.63) is 5.89 Å². The number of nitrogens with zero attached hydrogens (tertiary/aromatic N) is 2. The van der Waals surface area contributed by atoms with E-state index in [0.29, 0.717) is 12.3 Å². The quantitative estimate of drug-likeness (QED) is 0.625. The highest BCUT2D eigenvalue weighted by atomic mass is 16.5. The SMILES string of the molecule is CC(C)(N)Cc1nc(N)no1. The average molecular weight is 156 g/mol. The van der Waals surface area contributed by atoms with E-state index >= 15 is 0 Å². The highest BCUT2D eigenvalue weighted by molar-refractivity contribution is 5.11. The van der Waals surface area contributed by atoms with E-state index in [1.165, 1.54) is 0 Å². The van der Waals surface area contributed by atoms with Crippen LogP contribution < -0.4 is 11.5 Å². The van der Waals surface area contributed by atoms with Crippen LogP contribution in [0.2, 0.25) is 0 Å². The first-order valence-electron chi connectivity index (χ1n) is 3.34. The van der Waals surface area contributed by atoms with Crippen molar-refractivity contribution < 1.29 is 4.52 Å². The lowest BCUT2D eigenvalue weighted by Gasteiger charge is -2.14. The van der Waals surface area contributed by atoms with Gasteiger partial charge in [-0.25, -0.2) is 0 Å². The molecule has 0 bridgehead atoms. The van der Waals surface area contributed by atoms with Crippen molar-refractivity contribution in [3.63, 3.8) is 0 Å². The van der Waals surface area contributed by atoms with E-state index < -0.39 is 0 Å². The van der Waals surface area contributed by atoms with Gasteiger partial charge in [-0.3, -0.25) is 0 Å². The molecule has 0 aromatic carbocycles. The van der Waals surface area contributed by atoms with E-state index in [2.05, 4.69) is 10.1 Å². The second kappa shape index (κ2) is 2.50. The van der Waals surface area contributed by atoms with Gasteiger partial charge in [0.15, 0.2) is 0 Å². The highest BCUT2D eigenvalue weighted by Gasteiger charge is 2.15. The largest absolute Gasteiger partial charge is 0.365 e. The Kier molecular flexibility index (Phi) is 1.82. The van der Waals surface area contributed by atoms with Crippen LogP contribution in [0.15, 0.2) is 4.52 Å². The number of aromatic nitrogens is 2. The minimum atomic E-state index is -0.334. The second-order valence-electron chi connectivity index (χ2n) is 3.21. The van der Waals surface area contributed by atoms with Crippen molar-refractivity contribution in [2.24, 2.45) is 5.73 Å². The maximum atomic E-state index is 5.71. The number of hydrogen-bond donors (Lipinski definition) is 2. The zero-order valence-corrected chi connectivity index (χ0v) is 6.66. The Bertz CT molecular complexity index is 237. The standard InChI is InChI=1S/C6H12N4O/c1-6(2,8)3-4-9-5(7)10-11-4/h3,8H2,1-2H3,(H2,7,10). The van der Waals surface area contributed by atoms with Crippen LogP contribution in [0.1, 0.15) is 19.7 Å². The third-order valence-corrected chi connectivity index (χ3v) is 1.09. The molecule has 0 aliphatic rings. The third kappa shape index (κ3) is 2.55. The monoisotopic (exact) mass is 156 g/mol. The number of nitrogen functional groups attached to an aromatic ring is 1. The summed E-state index contributed by atoms with van der Waals surface area (Å²) >= 11 is 0. The molecule has 4 N–H and O–H groups in total. The molecule has 1 aromatic heterocycles. The third-order valence-electron chi connectivity index (χ3n) is 1.09. The molecule has 0 amide bonds. The van der Waals surface area contributed by atoms with E-state index in [-0.39, 0.29) is 11.5 Å². The predicted octanol–water partition coefficient (Wildman–Crippen LogP) is -0.0684. The van der Waals surface area contributed by atoms with Gasteiger partial charge in [0.05, 0.1) is 0 Å². The fourth-order valence-corrected chi connectivity index (χ4v) is 0.730. The number of hydrogen-bond acceptors (Lipinski definition) is 5. The smallest absolute Gasteiger partial charge is 0.260 e. The minimum Gasteiger partial charge on any atom is -0.365 e. The molecule has 62 valence electrons. The molecule has 0 saturated carbocycles. The zero-order chi connectivity index (χ0) is 8.48. The molecule has 0 spiro atoms. The van der Waals surface area contributed by atoms with E-state index in [1.807, 2.05) is 13.8 Å². The fraction of sp³-hybridized carbons (Fsp3) is 0.667. The first-order valence-corrected chi connectivity index (χ1v) is 3.34. The van der Waals surface area contributed by atoms with Crippen LogP contribution in [0, 0.1) is 0 Å². The summed E-state index contributed by atoms with van der Waals surface area (Å²) in [6, 6.07) is 0. The van der Waals surface area contributed by atoms with E-state index in [0.717, 1.165) is 0 Å². The van der Waals surface area contributed by atoms with Crippen LogP contribution in [0.25, 0.3) is 0 Å². The van der Waals surface area contributed by atoms with E-state index in [4.69, 9.17) is 16.0 Å². The zero-order valence-electron chi connectivity index (χ0n) is 6.66. The van der Waals surface area contributed by atoms with Crippen LogP contribution >= 0.6 is 0 Å². The lowest BCUT2D eigenvalue weighted by atomic mass is 10.0. The predicted molar refractivity (Wildman–Crippen MR) is 40.7 cm³/mol. The van der Waals surface area contributed by atoms with Gasteiger partial charge in [0.1, 0.15) is 0 Å². The Morgan fingerprint density at radius 3 is 2.55 bits per heavy atom. The summed E-state index contributed by atoms with van der Waals surface area (Å²) < 4.78 is 4.77. The van der Waals surface area contributed by atoms with Gasteiger partial charge in [-0.1, -0.05) is 0 Å². The molecule has 0 unspecified atom stereocenters. The molecular formula is C6H12N4O. The van der Waals surface area contributed by atoms with Crippen LogP contribution in [-0.4, -0.2) is 15.7 Å². The molecule has 5 heteroatoms. The summed E-state index contributed by atoms with van der Waals surface area (Å²) in [4.78, 5) is 3.82. The van der Waals surface area contributed by atoms with Gasteiger partial charge in [-0.05, 0) is 19.0 Å². The normalized spacial score (nSPS) is 11.9. The minimum absolute atomic E-state index is 0.157.